The SMILES string of the molecule is Cn1ncc(-c2ccc3c(c2)C(CN)=NCC3=O)c1-c1cccc2c1COC2. The number of nitrogens with two attached hydrogens (primary N) is 1. The van der Waals surface area contributed by atoms with E-state index in [0.717, 1.165) is 33.7 Å². The summed E-state index contributed by atoms with van der Waals surface area (Å²) >= 11 is 0. The maximum atomic E-state index is 12.2. The number of carbonyl (C=O) groups is 1. The minimum atomic E-state index is 0.0307. The van der Waals surface area contributed by atoms with Crippen molar-refractivity contribution in [3.05, 3.63) is 64.8 Å². The fraction of sp³-hybridized carbons (Fsp3) is 0.227. The Kier molecular flexibility index (Phi) is 3.96. The molecule has 5 rings (SSSR count). The van der Waals surface area contributed by atoms with E-state index in [1.54, 1.807) is 0 Å². The average Bonchev–Trinajstić information content (AvgIpc) is 3.34. The highest BCUT2D eigenvalue weighted by Crippen LogP contribution is 2.37. The van der Waals surface area contributed by atoms with Crippen molar-refractivity contribution < 1.29 is 9.53 Å². The Morgan fingerprint density at radius 2 is 2.00 bits per heavy atom. The highest BCUT2D eigenvalue weighted by Gasteiger charge is 2.24. The second kappa shape index (κ2) is 6.51. The van der Waals surface area contributed by atoms with Crippen LogP contribution in [0.3, 0.4) is 0 Å². The summed E-state index contributed by atoms with van der Waals surface area (Å²) in [6, 6.07) is 12.2. The summed E-state index contributed by atoms with van der Waals surface area (Å²) in [6.45, 7) is 1.74. The number of benzene rings is 2. The van der Waals surface area contributed by atoms with Crippen molar-refractivity contribution in [2.24, 2.45) is 17.8 Å². The molecule has 0 bridgehead atoms. The molecule has 28 heavy (non-hydrogen) atoms. The molecule has 0 unspecified atom stereocenters. The second-order valence-corrected chi connectivity index (χ2v) is 7.12. The van der Waals surface area contributed by atoms with E-state index < -0.39 is 0 Å². The van der Waals surface area contributed by atoms with Gasteiger partial charge in [-0.25, -0.2) is 0 Å². The summed E-state index contributed by atoms with van der Waals surface area (Å²) in [5.41, 5.74) is 14.8. The third kappa shape index (κ3) is 2.53. The Labute approximate surface area is 162 Å². The normalized spacial score (nSPS) is 15.4. The zero-order valence-corrected chi connectivity index (χ0v) is 15.6. The number of carbonyl (C=O) groups excluding carboxylic acids is 1. The van der Waals surface area contributed by atoms with Gasteiger partial charge in [-0.15, -0.1) is 0 Å². The maximum Gasteiger partial charge on any atom is 0.184 e. The van der Waals surface area contributed by atoms with Gasteiger partial charge < -0.3 is 10.5 Å². The molecule has 140 valence electrons. The van der Waals surface area contributed by atoms with Gasteiger partial charge in [-0.3, -0.25) is 14.5 Å². The van der Waals surface area contributed by atoms with Crippen LogP contribution in [0.1, 0.15) is 27.0 Å². The molecule has 1 aromatic heterocycles. The fourth-order valence-corrected chi connectivity index (χ4v) is 4.10. The molecule has 0 saturated heterocycles. The molecule has 3 aromatic rings. The summed E-state index contributed by atoms with van der Waals surface area (Å²) in [7, 11) is 1.95. The molecule has 2 aliphatic heterocycles. The number of hydrogen-bond acceptors (Lipinski definition) is 5. The van der Waals surface area contributed by atoms with E-state index in [1.807, 2.05) is 36.1 Å². The molecule has 2 N–H and O–H groups in total. The van der Waals surface area contributed by atoms with Crippen LogP contribution in [0, 0.1) is 0 Å². The van der Waals surface area contributed by atoms with Gasteiger partial charge in [0.15, 0.2) is 5.78 Å². The first kappa shape index (κ1) is 17.0. The predicted molar refractivity (Wildman–Crippen MR) is 107 cm³/mol. The van der Waals surface area contributed by atoms with Crippen LogP contribution in [0.5, 0.6) is 0 Å². The van der Waals surface area contributed by atoms with Crippen LogP contribution in [0.4, 0.5) is 0 Å². The summed E-state index contributed by atoms with van der Waals surface area (Å²) in [5, 5.41) is 4.52. The van der Waals surface area contributed by atoms with Crippen molar-refractivity contribution in [3.8, 4) is 22.4 Å². The first-order chi connectivity index (χ1) is 13.7. The molecule has 0 spiro atoms. The first-order valence-electron chi connectivity index (χ1n) is 9.29. The Morgan fingerprint density at radius 1 is 1.11 bits per heavy atom. The molecule has 6 nitrogen and oxygen atoms in total. The molecule has 0 saturated carbocycles. The third-order valence-corrected chi connectivity index (χ3v) is 5.52. The second-order valence-electron chi connectivity index (χ2n) is 7.12. The van der Waals surface area contributed by atoms with Crippen molar-refractivity contribution in [2.75, 3.05) is 13.1 Å². The van der Waals surface area contributed by atoms with Crippen LogP contribution in [0.2, 0.25) is 0 Å². The van der Waals surface area contributed by atoms with Gasteiger partial charge in [0.25, 0.3) is 0 Å². The molecule has 2 aromatic carbocycles. The van der Waals surface area contributed by atoms with Crippen molar-refractivity contribution in [2.45, 2.75) is 13.2 Å². The van der Waals surface area contributed by atoms with Crippen molar-refractivity contribution in [3.63, 3.8) is 0 Å². The quantitative estimate of drug-likeness (QED) is 0.766. The summed E-state index contributed by atoms with van der Waals surface area (Å²) in [6.07, 6.45) is 1.87. The van der Waals surface area contributed by atoms with Gasteiger partial charge in [-0.1, -0.05) is 30.3 Å². The van der Waals surface area contributed by atoms with E-state index >= 15 is 0 Å². The van der Waals surface area contributed by atoms with Gasteiger partial charge in [0, 0.05) is 35.8 Å². The lowest BCUT2D eigenvalue weighted by Gasteiger charge is -2.17. The lowest BCUT2D eigenvalue weighted by Crippen LogP contribution is -2.24. The first-order valence-corrected chi connectivity index (χ1v) is 9.29. The van der Waals surface area contributed by atoms with E-state index in [9.17, 15) is 4.79 Å². The Hall–Kier alpha value is -3.09. The van der Waals surface area contributed by atoms with E-state index in [2.05, 4.69) is 28.3 Å². The standard InChI is InChI=1S/C22H20N4O2/c1-26-22(16-4-2-3-14-11-28-12-19(14)16)18(9-25-26)13-5-6-15-17(7-13)20(8-23)24-10-21(15)27/h2-7,9H,8,10-12,23H2,1H3. The highest BCUT2D eigenvalue weighted by molar-refractivity contribution is 6.16. The zero-order valence-electron chi connectivity index (χ0n) is 15.6. The van der Waals surface area contributed by atoms with E-state index in [-0.39, 0.29) is 12.3 Å². The van der Waals surface area contributed by atoms with Crippen molar-refractivity contribution >= 4 is 11.5 Å². The van der Waals surface area contributed by atoms with Gasteiger partial charge in [-0.05, 0) is 22.8 Å². The minimum absolute atomic E-state index is 0.0307. The van der Waals surface area contributed by atoms with Gasteiger partial charge in [-0.2, -0.15) is 5.10 Å². The number of aliphatic imine (C=N–C) groups is 1. The molecule has 0 fully saturated rings. The molecule has 0 atom stereocenters. The number of aryl methyl sites for hydroxylation is 1. The highest BCUT2D eigenvalue weighted by atomic mass is 16.5. The number of ketones is 1. The largest absolute Gasteiger partial charge is 0.372 e. The number of Topliss-reactive ketones (excluding diaryl/α,β-unsaturated/α-hetero) is 1. The van der Waals surface area contributed by atoms with Gasteiger partial charge in [0.2, 0.25) is 0 Å². The van der Waals surface area contributed by atoms with Gasteiger partial charge >= 0.3 is 0 Å². The Morgan fingerprint density at radius 3 is 2.86 bits per heavy atom. The van der Waals surface area contributed by atoms with Crippen LogP contribution < -0.4 is 5.73 Å². The average molecular weight is 372 g/mol. The molecule has 6 heteroatoms. The summed E-state index contributed by atoms with van der Waals surface area (Å²) in [5.74, 6) is 0.0307. The molecule has 0 radical (unpaired) electrons. The maximum absolute atomic E-state index is 12.2. The van der Waals surface area contributed by atoms with E-state index in [4.69, 9.17) is 10.5 Å². The zero-order chi connectivity index (χ0) is 19.3. The smallest absolute Gasteiger partial charge is 0.184 e. The summed E-state index contributed by atoms with van der Waals surface area (Å²) < 4.78 is 7.55. The number of ether oxygens (including phenoxy) is 1. The molecular weight excluding hydrogens is 352 g/mol. The number of aromatic nitrogens is 2. The van der Waals surface area contributed by atoms with Crippen molar-refractivity contribution in [1.29, 1.82) is 0 Å². The van der Waals surface area contributed by atoms with Crippen LogP contribution >= 0.6 is 0 Å². The molecule has 2 aliphatic rings. The minimum Gasteiger partial charge on any atom is -0.372 e. The van der Waals surface area contributed by atoms with E-state index in [0.29, 0.717) is 25.3 Å². The topological polar surface area (TPSA) is 82.5 Å². The fourth-order valence-electron chi connectivity index (χ4n) is 4.10. The summed E-state index contributed by atoms with van der Waals surface area (Å²) in [4.78, 5) is 16.6. The van der Waals surface area contributed by atoms with Crippen LogP contribution in [0.25, 0.3) is 22.4 Å². The lowest BCUT2D eigenvalue weighted by molar-refractivity contribution is 0.1000. The molecule has 3 heterocycles. The molecule has 0 amide bonds. The Balaban J connectivity index is 1.69. The predicted octanol–water partition coefficient (Wildman–Crippen LogP) is 2.73. The number of hydrogen-bond donors (Lipinski definition) is 1. The number of nitrogens with zero attached hydrogens (tertiary/aromatic N) is 3. The third-order valence-electron chi connectivity index (χ3n) is 5.52. The molecular formula is C22H20N4O2. The van der Waals surface area contributed by atoms with Crippen LogP contribution in [0.15, 0.2) is 47.6 Å². The number of rotatable bonds is 3. The number of fused-ring (bicyclic) bond motifs is 2. The van der Waals surface area contributed by atoms with Gasteiger partial charge in [0.05, 0.1) is 30.8 Å². The van der Waals surface area contributed by atoms with Crippen molar-refractivity contribution in [1.82, 2.24) is 9.78 Å². The van der Waals surface area contributed by atoms with Gasteiger partial charge in [0.1, 0.15) is 6.54 Å². The van der Waals surface area contributed by atoms with E-state index in [1.165, 1.54) is 11.1 Å². The lowest BCUT2D eigenvalue weighted by atomic mass is 9.91. The Bertz CT molecular complexity index is 1140. The molecule has 0 aliphatic carbocycles. The van der Waals surface area contributed by atoms with Crippen LogP contribution in [-0.2, 0) is 25.0 Å². The van der Waals surface area contributed by atoms with Crippen LogP contribution in [-0.4, -0.2) is 34.4 Å². The monoisotopic (exact) mass is 372 g/mol.